The minimum atomic E-state index is -1.16. The molecule has 0 aliphatic heterocycles. The average molecular weight is 359 g/mol. The number of aromatic nitrogens is 2. The molecule has 0 saturated carbocycles. The first-order chi connectivity index (χ1) is 12.3. The number of nitrogens with zero attached hydrogens (tertiary/aromatic N) is 3. The zero-order chi connectivity index (χ0) is 19.3. The third-order valence-electron chi connectivity index (χ3n) is 3.88. The molecular formula is C18H21N3O5. The molecule has 1 aromatic carbocycles. The fourth-order valence-electron chi connectivity index (χ4n) is 2.53. The van der Waals surface area contributed by atoms with Crippen molar-refractivity contribution in [3.8, 4) is 0 Å². The minimum absolute atomic E-state index is 0.261. The number of benzene rings is 1. The molecule has 1 amide bonds. The van der Waals surface area contributed by atoms with Gasteiger partial charge < -0.3 is 10.0 Å². The number of carbonyl (C=O) groups excluding carboxylic acids is 1. The molecule has 8 nitrogen and oxygen atoms in total. The van der Waals surface area contributed by atoms with E-state index in [-0.39, 0.29) is 12.6 Å². The Morgan fingerprint density at radius 3 is 2.35 bits per heavy atom. The van der Waals surface area contributed by atoms with Gasteiger partial charge >= 0.3 is 11.7 Å². The summed E-state index contributed by atoms with van der Waals surface area (Å²) in [7, 11) is 0. The number of hydrogen-bond donors (Lipinski definition) is 1. The maximum absolute atomic E-state index is 12.6. The number of amides is 1. The van der Waals surface area contributed by atoms with Gasteiger partial charge in [0, 0.05) is 18.3 Å². The van der Waals surface area contributed by atoms with E-state index in [1.54, 1.807) is 13.8 Å². The van der Waals surface area contributed by atoms with Crippen LogP contribution in [0.25, 0.3) is 0 Å². The van der Waals surface area contributed by atoms with Crippen molar-refractivity contribution in [2.75, 3.05) is 6.54 Å². The minimum Gasteiger partial charge on any atom is -0.480 e. The summed E-state index contributed by atoms with van der Waals surface area (Å²) in [5.74, 6) is -1.76. The lowest BCUT2D eigenvalue weighted by Crippen LogP contribution is -2.47. The summed E-state index contributed by atoms with van der Waals surface area (Å²) in [5, 5.41) is 8.94. The number of hydrogen-bond acceptors (Lipinski definition) is 4. The van der Waals surface area contributed by atoms with Crippen LogP contribution in [0.4, 0.5) is 0 Å². The lowest BCUT2D eigenvalue weighted by Gasteiger charge is -2.25. The Labute approximate surface area is 149 Å². The molecule has 2 aromatic rings. The summed E-state index contributed by atoms with van der Waals surface area (Å²) in [6.07, 6.45) is 1.39. The highest BCUT2D eigenvalue weighted by molar-refractivity contribution is 5.81. The van der Waals surface area contributed by atoms with E-state index in [9.17, 15) is 19.2 Å². The fraction of sp³-hybridized carbons (Fsp3) is 0.333. The molecule has 0 fully saturated rings. The lowest BCUT2D eigenvalue weighted by atomic mass is 10.2. The van der Waals surface area contributed by atoms with Crippen LogP contribution in [-0.2, 0) is 22.7 Å². The molecule has 1 N–H and O–H groups in total. The van der Waals surface area contributed by atoms with E-state index in [4.69, 9.17) is 5.11 Å². The molecule has 138 valence electrons. The van der Waals surface area contributed by atoms with Gasteiger partial charge in [-0.05, 0) is 19.4 Å². The van der Waals surface area contributed by atoms with E-state index in [1.807, 2.05) is 30.3 Å². The first kappa shape index (κ1) is 19.2. The normalized spacial score (nSPS) is 10.7. The summed E-state index contributed by atoms with van der Waals surface area (Å²) in [5.41, 5.74) is -0.346. The van der Waals surface area contributed by atoms with Crippen LogP contribution in [-0.4, -0.2) is 43.6 Å². The molecule has 0 bridgehead atoms. The van der Waals surface area contributed by atoms with E-state index in [0.717, 1.165) is 15.0 Å². The van der Waals surface area contributed by atoms with Crippen LogP contribution in [0, 0.1) is 0 Å². The molecular weight excluding hydrogens is 338 g/mol. The largest absolute Gasteiger partial charge is 0.480 e. The van der Waals surface area contributed by atoms with Crippen LogP contribution >= 0.6 is 0 Å². The smallest absolute Gasteiger partial charge is 0.331 e. The van der Waals surface area contributed by atoms with Crippen LogP contribution in [0.15, 0.2) is 52.2 Å². The molecule has 0 aliphatic rings. The van der Waals surface area contributed by atoms with Crippen molar-refractivity contribution in [2.24, 2.45) is 0 Å². The molecule has 1 heterocycles. The van der Waals surface area contributed by atoms with Crippen molar-refractivity contribution < 1.29 is 14.7 Å². The van der Waals surface area contributed by atoms with Crippen molar-refractivity contribution in [1.29, 1.82) is 0 Å². The molecule has 26 heavy (non-hydrogen) atoms. The SMILES string of the molecule is CC(C)N(CC(=O)O)C(=O)Cn1c(=O)ccn(Cc2ccccc2)c1=O. The van der Waals surface area contributed by atoms with Crippen molar-refractivity contribution in [1.82, 2.24) is 14.0 Å². The quantitative estimate of drug-likeness (QED) is 0.770. The first-order valence-corrected chi connectivity index (χ1v) is 8.15. The summed E-state index contributed by atoms with van der Waals surface area (Å²) in [4.78, 5) is 49.1. The second-order valence-corrected chi connectivity index (χ2v) is 6.15. The average Bonchev–Trinajstić information content (AvgIpc) is 2.59. The van der Waals surface area contributed by atoms with Crippen LogP contribution in [0.3, 0.4) is 0 Å². The van der Waals surface area contributed by atoms with Gasteiger partial charge in [-0.25, -0.2) is 4.79 Å². The highest BCUT2D eigenvalue weighted by atomic mass is 16.4. The fourth-order valence-corrected chi connectivity index (χ4v) is 2.53. The van der Waals surface area contributed by atoms with Gasteiger partial charge in [0.05, 0.1) is 6.54 Å². The Bertz CT molecular complexity index is 899. The third kappa shape index (κ3) is 4.69. The second-order valence-electron chi connectivity index (χ2n) is 6.15. The molecule has 0 aliphatic carbocycles. The number of carboxylic acid groups (broad SMARTS) is 1. The molecule has 8 heteroatoms. The molecule has 0 spiro atoms. The standard InChI is InChI=1S/C18H21N3O5/c1-13(2)20(12-17(24)25)16(23)11-21-15(22)8-9-19(18(21)26)10-14-6-4-3-5-7-14/h3-9,13H,10-12H2,1-2H3,(H,24,25). The number of rotatable bonds is 7. The maximum Gasteiger partial charge on any atom is 0.331 e. The number of carbonyl (C=O) groups is 2. The topological polar surface area (TPSA) is 102 Å². The van der Waals surface area contributed by atoms with Crippen LogP contribution in [0.2, 0.25) is 0 Å². The van der Waals surface area contributed by atoms with Crippen molar-refractivity contribution in [2.45, 2.75) is 33.0 Å². The van der Waals surface area contributed by atoms with Gasteiger partial charge in [0.1, 0.15) is 13.1 Å². The summed E-state index contributed by atoms with van der Waals surface area (Å²) in [6.45, 7) is 2.61. The van der Waals surface area contributed by atoms with Crippen molar-refractivity contribution in [3.05, 3.63) is 69.0 Å². The Morgan fingerprint density at radius 1 is 1.12 bits per heavy atom. The van der Waals surface area contributed by atoms with E-state index < -0.39 is 36.2 Å². The van der Waals surface area contributed by atoms with E-state index in [2.05, 4.69) is 0 Å². The van der Waals surface area contributed by atoms with Crippen molar-refractivity contribution in [3.63, 3.8) is 0 Å². The summed E-state index contributed by atoms with van der Waals surface area (Å²) in [6, 6.07) is 10.1. The van der Waals surface area contributed by atoms with Gasteiger partial charge in [0.2, 0.25) is 5.91 Å². The zero-order valence-corrected chi connectivity index (χ0v) is 14.7. The maximum atomic E-state index is 12.6. The van der Waals surface area contributed by atoms with Gasteiger partial charge in [0.25, 0.3) is 5.56 Å². The lowest BCUT2D eigenvalue weighted by molar-refractivity contribution is -0.146. The summed E-state index contributed by atoms with van der Waals surface area (Å²) < 4.78 is 2.16. The van der Waals surface area contributed by atoms with Gasteiger partial charge in [-0.15, -0.1) is 0 Å². The summed E-state index contributed by atoms with van der Waals surface area (Å²) >= 11 is 0. The van der Waals surface area contributed by atoms with Crippen LogP contribution < -0.4 is 11.2 Å². The molecule has 1 aromatic heterocycles. The van der Waals surface area contributed by atoms with Crippen LogP contribution in [0.1, 0.15) is 19.4 Å². The highest BCUT2D eigenvalue weighted by Gasteiger charge is 2.21. The number of aliphatic carboxylic acids is 1. The molecule has 0 radical (unpaired) electrons. The van der Waals surface area contributed by atoms with Gasteiger partial charge in [-0.3, -0.25) is 23.5 Å². The second kappa shape index (κ2) is 8.28. The first-order valence-electron chi connectivity index (χ1n) is 8.15. The molecule has 0 unspecified atom stereocenters. The highest BCUT2D eigenvalue weighted by Crippen LogP contribution is 2.01. The zero-order valence-electron chi connectivity index (χ0n) is 14.7. The predicted molar refractivity (Wildman–Crippen MR) is 95.0 cm³/mol. The monoisotopic (exact) mass is 359 g/mol. The number of carboxylic acids is 1. The van der Waals surface area contributed by atoms with Crippen LogP contribution in [0.5, 0.6) is 0 Å². The van der Waals surface area contributed by atoms with Gasteiger partial charge in [-0.2, -0.15) is 0 Å². The van der Waals surface area contributed by atoms with Gasteiger partial charge in [-0.1, -0.05) is 30.3 Å². The Kier molecular flexibility index (Phi) is 6.11. The van der Waals surface area contributed by atoms with E-state index in [0.29, 0.717) is 0 Å². The van der Waals surface area contributed by atoms with Gasteiger partial charge in [0.15, 0.2) is 0 Å². The molecule has 0 atom stereocenters. The molecule has 2 rings (SSSR count). The Hall–Kier alpha value is -3.16. The Morgan fingerprint density at radius 2 is 1.77 bits per heavy atom. The molecule has 0 saturated heterocycles. The Balaban J connectivity index is 2.30. The third-order valence-corrected chi connectivity index (χ3v) is 3.88. The van der Waals surface area contributed by atoms with Crippen molar-refractivity contribution >= 4 is 11.9 Å². The van der Waals surface area contributed by atoms with E-state index in [1.165, 1.54) is 16.8 Å². The van der Waals surface area contributed by atoms with E-state index >= 15 is 0 Å². The predicted octanol–water partition coefficient (Wildman–Crippen LogP) is 0.380.